The summed E-state index contributed by atoms with van der Waals surface area (Å²) in [5.41, 5.74) is 16.8. The highest BCUT2D eigenvalue weighted by Crippen LogP contribution is 2.57. The molecule has 1 aliphatic rings. The van der Waals surface area contributed by atoms with E-state index in [0.717, 1.165) is 42.7 Å². The van der Waals surface area contributed by atoms with Crippen LogP contribution in [0, 0.1) is 0 Å². The van der Waals surface area contributed by atoms with Crippen LogP contribution in [0.25, 0.3) is 11.1 Å². The van der Waals surface area contributed by atoms with E-state index in [2.05, 4.69) is 172 Å². The average molecular weight is 598 g/mol. The van der Waals surface area contributed by atoms with Gasteiger partial charge in [0.15, 0.2) is 0 Å². The zero-order valence-corrected chi connectivity index (χ0v) is 27.6. The molecule has 1 nitrogen and oxygen atoms in total. The van der Waals surface area contributed by atoms with Gasteiger partial charge in [0.1, 0.15) is 0 Å². The highest BCUT2D eigenvalue weighted by molar-refractivity contribution is 5.89. The van der Waals surface area contributed by atoms with Gasteiger partial charge in [-0.3, -0.25) is 0 Å². The van der Waals surface area contributed by atoms with E-state index in [1.54, 1.807) is 0 Å². The normalized spacial score (nSPS) is 12.9. The van der Waals surface area contributed by atoms with E-state index in [0.29, 0.717) is 0 Å². The Bertz CT molecular complexity index is 1890. The fourth-order valence-corrected chi connectivity index (χ4v) is 7.86. The van der Waals surface area contributed by atoms with Crippen molar-refractivity contribution in [3.8, 4) is 11.1 Å². The zero-order valence-electron chi connectivity index (χ0n) is 27.6. The number of nitrogens with zero attached hydrogens (tertiary/aromatic N) is 1. The van der Waals surface area contributed by atoms with Crippen molar-refractivity contribution in [2.75, 3.05) is 4.90 Å². The summed E-state index contributed by atoms with van der Waals surface area (Å²) in [5, 5.41) is 0. The van der Waals surface area contributed by atoms with Crippen molar-refractivity contribution < 1.29 is 0 Å². The minimum Gasteiger partial charge on any atom is -0.310 e. The predicted octanol–water partition coefficient (Wildman–Crippen LogP) is 11.8. The van der Waals surface area contributed by atoms with E-state index in [1.165, 1.54) is 55.6 Å². The number of benzene rings is 6. The maximum Gasteiger partial charge on any atom is 0.0714 e. The highest BCUT2D eigenvalue weighted by atomic mass is 15.1. The van der Waals surface area contributed by atoms with Crippen LogP contribution in [0.1, 0.15) is 72.2 Å². The van der Waals surface area contributed by atoms with E-state index in [4.69, 9.17) is 0 Å². The lowest BCUT2D eigenvalue weighted by atomic mass is 9.66. The zero-order chi connectivity index (χ0) is 31.7. The van der Waals surface area contributed by atoms with E-state index in [1.807, 2.05) is 0 Å². The summed E-state index contributed by atoms with van der Waals surface area (Å²) in [7, 11) is 0. The summed E-state index contributed by atoms with van der Waals surface area (Å²) < 4.78 is 0. The highest BCUT2D eigenvalue weighted by Gasteiger charge is 2.46. The minimum absolute atomic E-state index is 0.451. The summed E-state index contributed by atoms with van der Waals surface area (Å²) in [6.07, 6.45) is 4.13. The lowest BCUT2D eigenvalue weighted by Gasteiger charge is -2.36. The Hall–Kier alpha value is -4.88. The van der Waals surface area contributed by atoms with Crippen LogP contribution in [0.2, 0.25) is 0 Å². The third kappa shape index (κ3) is 4.77. The van der Waals surface area contributed by atoms with Crippen molar-refractivity contribution in [3.05, 3.63) is 184 Å². The van der Waals surface area contributed by atoms with Crippen molar-refractivity contribution in [1.82, 2.24) is 0 Å². The van der Waals surface area contributed by atoms with Crippen LogP contribution in [-0.4, -0.2) is 0 Å². The Balaban J connectivity index is 1.58. The molecule has 0 fully saturated rings. The second-order valence-corrected chi connectivity index (χ2v) is 12.4. The molecule has 0 N–H and O–H groups in total. The minimum atomic E-state index is -0.451. The van der Waals surface area contributed by atoms with Gasteiger partial charge in [0.2, 0.25) is 0 Å². The Morgan fingerprint density at radius 1 is 0.391 bits per heavy atom. The number of para-hydroxylation sites is 2. The maximum absolute atomic E-state index is 2.52. The van der Waals surface area contributed by atoms with Crippen LogP contribution in [0.15, 0.2) is 140 Å². The van der Waals surface area contributed by atoms with Gasteiger partial charge in [0.25, 0.3) is 0 Å². The summed E-state index contributed by atoms with van der Waals surface area (Å²) in [5.74, 6) is 0. The number of rotatable bonds is 9. The van der Waals surface area contributed by atoms with Gasteiger partial charge in [-0.15, -0.1) is 0 Å². The average Bonchev–Trinajstić information content (AvgIpc) is 3.42. The van der Waals surface area contributed by atoms with Crippen LogP contribution in [0.4, 0.5) is 17.1 Å². The van der Waals surface area contributed by atoms with Crippen LogP contribution in [0.5, 0.6) is 0 Å². The molecule has 0 amide bonds. The third-order valence-corrected chi connectivity index (χ3v) is 10.1. The van der Waals surface area contributed by atoms with Gasteiger partial charge in [0.05, 0.1) is 5.41 Å². The Kier molecular flexibility index (Phi) is 8.09. The van der Waals surface area contributed by atoms with Crippen LogP contribution in [0.3, 0.4) is 0 Å². The van der Waals surface area contributed by atoms with E-state index < -0.39 is 5.41 Å². The molecule has 0 radical (unpaired) electrons. The summed E-state index contributed by atoms with van der Waals surface area (Å²) in [6, 6.07) is 52.4. The van der Waals surface area contributed by atoms with Gasteiger partial charge in [0, 0.05) is 17.1 Å². The molecular weight excluding hydrogens is 555 g/mol. The lowest BCUT2D eigenvalue weighted by Crippen LogP contribution is -2.29. The molecular formula is C45H43N. The van der Waals surface area contributed by atoms with Crippen molar-refractivity contribution in [1.29, 1.82) is 0 Å². The first-order chi connectivity index (χ1) is 22.6. The molecule has 6 aromatic carbocycles. The molecule has 0 unspecified atom stereocenters. The van der Waals surface area contributed by atoms with Gasteiger partial charge >= 0.3 is 0 Å². The van der Waals surface area contributed by atoms with Crippen molar-refractivity contribution in [2.24, 2.45) is 0 Å². The smallest absolute Gasteiger partial charge is 0.0714 e. The molecule has 0 saturated heterocycles. The Labute approximate surface area is 275 Å². The molecule has 0 aromatic heterocycles. The topological polar surface area (TPSA) is 3.24 Å². The predicted molar refractivity (Wildman–Crippen MR) is 196 cm³/mol. The van der Waals surface area contributed by atoms with Crippen LogP contribution in [-0.2, 0) is 31.1 Å². The summed E-state index contributed by atoms with van der Waals surface area (Å²) in [6.45, 7) is 9.13. The number of fused-ring (bicyclic) bond motifs is 3. The molecule has 0 heterocycles. The first-order valence-electron chi connectivity index (χ1n) is 17.0. The first kappa shape index (κ1) is 29.8. The molecule has 1 aliphatic carbocycles. The molecule has 46 heavy (non-hydrogen) atoms. The largest absolute Gasteiger partial charge is 0.310 e. The molecule has 0 saturated carbocycles. The Morgan fingerprint density at radius 2 is 0.870 bits per heavy atom. The van der Waals surface area contributed by atoms with Gasteiger partial charge in [-0.25, -0.2) is 0 Å². The van der Waals surface area contributed by atoms with E-state index in [9.17, 15) is 0 Å². The SMILES string of the molecule is CCc1ccc(C2(c3ccc(CC)c(CC)c3)c3ccccc3-c3ccc(N(c4ccccc4)c4ccccc4)cc32)cc1CC. The summed E-state index contributed by atoms with van der Waals surface area (Å²) >= 11 is 0. The second-order valence-electron chi connectivity index (χ2n) is 12.4. The van der Waals surface area contributed by atoms with E-state index in [-0.39, 0.29) is 0 Å². The molecule has 6 aromatic rings. The first-order valence-corrected chi connectivity index (χ1v) is 17.0. The quantitative estimate of drug-likeness (QED) is 0.160. The third-order valence-electron chi connectivity index (χ3n) is 10.1. The van der Waals surface area contributed by atoms with Gasteiger partial charge in [-0.2, -0.15) is 0 Å². The van der Waals surface area contributed by atoms with Gasteiger partial charge < -0.3 is 4.90 Å². The number of anilines is 3. The van der Waals surface area contributed by atoms with Crippen molar-refractivity contribution in [2.45, 2.75) is 58.8 Å². The van der Waals surface area contributed by atoms with Crippen LogP contribution < -0.4 is 4.90 Å². The second kappa shape index (κ2) is 12.5. The molecule has 228 valence electrons. The van der Waals surface area contributed by atoms with Gasteiger partial charge in [-0.1, -0.05) is 131 Å². The lowest BCUT2D eigenvalue weighted by molar-refractivity contribution is 0.760. The molecule has 0 spiro atoms. The fraction of sp³-hybridized carbons (Fsp3) is 0.200. The van der Waals surface area contributed by atoms with Crippen LogP contribution >= 0.6 is 0 Å². The number of hydrogen-bond acceptors (Lipinski definition) is 1. The monoisotopic (exact) mass is 597 g/mol. The molecule has 0 atom stereocenters. The van der Waals surface area contributed by atoms with Gasteiger partial charge in [-0.05, 0) is 118 Å². The molecule has 0 bridgehead atoms. The molecule has 1 heteroatoms. The standard InChI is InChI=1S/C45H43N/c1-5-32-23-25-36(29-34(32)7-3)45(37-26-24-33(6-2)35(8-4)30-37)43-22-16-15-21-41(43)42-28-27-40(31-44(42)45)46(38-17-11-9-12-18-38)39-19-13-10-14-20-39/h9-31H,5-8H2,1-4H3. The molecule has 0 aliphatic heterocycles. The number of aryl methyl sites for hydroxylation is 4. The van der Waals surface area contributed by atoms with Crippen molar-refractivity contribution in [3.63, 3.8) is 0 Å². The summed E-state index contributed by atoms with van der Waals surface area (Å²) in [4.78, 5) is 2.39. The van der Waals surface area contributed by atoms with E-state index >= 15 is 0 Å². The van der Waals surface area contributed by atoms with Crippen molar-refractivity contribution >= 4 is 17.1 Å². The molecule has 7 rings (SSSR count). The Morgan fingerprint density at radius 3 is 1.39 bits per heavy atom. The maximum atomic E-state index is 2.52. The fourth-order valence-electron chi connectivity index (χ4n) is 7.86. The number of hydrogen-bond donors (Lipinski definition) is 0.